The Labute approximate surface area is 175 Å². The van der Waals surface area contributed by atoms with Crippen molar-refractivity contribution in [2.75, 3.05) is 0 Å². The van der Waals surface area contributed by atoms with Gasteiger partial charge in [-0.3, -0.25) is 20.2 Å². The molecule has 0 aliphatic heterocycles. The Bertz CT molecular complexity index is 1030. The molecule has 0 spiro atoms. The van der Waals surface area contributed by atoms with Crippen molar-refractivity contribution in [1.82, 2.24) is 0 Å². The molecule has 0 aromatic heterocycles. The van der Waals surface area contributed by atoms with Crippen LogP contribution in [-0.2, 0) is 13.2 Å². The number of hydrogen-bond acceptors (Lipinski definition) is 7. The second-order valence-electron chi connectivity index (χ2n) is 6.42. The van der Waals surface area contributed by atoms with Crippen molar-refractivity contribution in [3.8, 4) is 11.5 Å². The Morgan fingerprint density at radius 2 is 1.13 bits per heavy atom. The number of rotatable bonds is 9. The van der Waals surface area contributed by atoms with Crippen LogP contribution in [0.15, 0.2) is 66.7 Å². The zero-order valence-corrected chi connectivity index (χ0v) is 16.0. The van der Waals surface area contributed by atoms with Gasteiger partial charge >= 0.3 is 5.97 Å². The van der Waals surface area contributed by atoms with Crippen molar-refractivity contribution >= 4 is 17.3 Å². The number of nitro benzene ring substituents is 2. The van der Waals surface area contributed by atoms with Crippen molar-refractivity contribution in [3.63, 3.8) is 0 Å². The molecule has 0 saturated carbocycles. The fourth-order valence-corrected chi connectivity index (χ4v) is 2.71. The molecule has 0 radical (unpaired) electrons. The number of ether oxygens (including phenoxy) is 2. The Balaban J connectivity index is 1.70. The lowest BCUT2D eigenvalue weighted by atomic mass is 10.1. The van der Waals surface area contributed by atoms with Gasteiger partial charge in [-0.1, -0.05) is 0 Å². The van der Waals surface area contributed by atoms with Crippen LogP contribution in [0, 0.1) is 20.2 Å². The van der Waals surface area contributed by atoms with Gasteiger partial charge in [-0.25, -0.2) is 4.79 Å². The van der Waals surface area contributed by atoms with Gasteiger partial charge in [0.2, 0.25) is 0 Å². The standard InChI is InChI=1S/C21H16N2O8/c24-21(25)16-10-14(12-30-19-5-1-17(2-6-19)22(26)27)9-15(11-16)13-31-20-7-3-18(4-8-20)23(28)29/h1-11H,12-13H2,(H,24,25). The van der Waals surface area contributed by atoms with E-state index in [1.807, 2.05) is 0 Å². The lowest BCUT2D eigenvalue weighted by molar-refractivity contribution is -0.385. The maximum absolute atomic E-state index is 11.4. The van der Waals surface area contributed by atoms with Crippen LogP contribution in [0.5, 0.6) is 11.5 Å². The maximum Gasteiger partial charge on any atom is 0.335 e. The average Bonchev–Trinajstić information content (AvgIpc) is 2.76. The summed E-state index contributed by atoms with van der Waals surface area (Å²) in [5, 5.41) is 30.8. The van der Waals surface area contributed by atoms with E-state index >= 15 is 0 Å². The van der Waals surface area contributed by atoms with E-state index in [9.17, 15) is 30.1 Å². The van der Waals surface area contributed by atoms with Crippen molar-refractivity contribution in [3.05, 3.63) is 104 Å². The van der Waals surface area contributed by atoms with Gasteiger partial charge < -0.3 is 14.6 Å². The summed E-state index contributed by atoms with van der Waals surface area (Å²) in [6.07, 6.45) is 0. The zero-order chi connectivity index (χ0) is 22.4. The van der Waals surface area contributed by atoms with Gasteiger partial charge in [0, 0.05) is 24.3 Å². The largest absolute Gasteiger partial charge is 0.489 e. The highest BCUT2D eigenvalue weighted by Gasteiger charge is 2.10. The third-order valence-electron chi connectivity index (χ3n) is 4.21. The smallest absolute Gasteiger partial charge is 0.335 e. The molecule has 0 unspecified atom stereocenters. The molecule has 0 saturated heterocycles. The molecule has 0 bridgehead atoms. The van der Waals surface area contributed by atoms with E-state index in [4.69, 9.17) is 9.47 Å². The third-order valence-corrected chi connectivity index (χ3v) is 4.21. The van der Waals surface area contributed by atoms with Crippen LogP contribution in [0.25, 0.3) is 0 Å². The van der Waals surface area contributed by atoms with Gasteiger partial charge in [-0.15, -0.1) is 0 Å². The van der Waals surface area contributed by atoms with Crippen molar-refractivity contribution in [2.45, 2.75) is 13.2 Å². The van der Waals surface area contributed by atoms with Gasteiger partial charge in [-0.2, -0.15) is 0 Å². The van der Waals surface area contributed by atoms with Crippen LogP contribution in [0.2, 0.25) is 0 Å². The van der Waals surface area contributed by atoms with E-state index in [0.29, 0.717) is 22.6 Å². The lowest BCUT2D eigenvalue weighted by Crippen LogP contribution is -2.05. The Hall–Kier alpha value is -4.47. The summed E-state index contributed by atoms with van der Waals surface area (Å²) < 4.78 is 11.2. The summed E-state index contributed by atoms with van der Waals surface area (Å²) >= 11 is 0. The highest BCUT2D eigenvalue weighted by atomic mass is 16.6. The number of carboxylic acids is 1. The number of carbonyl (C=O) groups is 1. The van der Waals surface area contributed by atoms with E-state index in [2.05, 4.69) is 0 Å². The molecule has 0 heterocycles. The van der Waals surface area contributed by atoms with E-state index < -0.39 is 15.8 Å². The molecule has 0 aliphatic rings. The first-order valence-electron chi connectivity index (χ1n) is 8.92. The number of aromatic carboxylic acids is 1. The Morgan fingerprint density at radius 3 is 1.45 bits per heavy atom. The minimum absolute atomic E-state index is 0.0451. The molecule has 0 amide bonds. The van der Waals surface area contributed by atoms with Crippen LogP contribution in [0.4, 0.5) is 11.4 Å². The van der Waals surface area contributed by atoms with Crippen molar-refractivity contribution < 1.29 is 29.2 Å². The normalized spacial score (nSPS) is 10.3. The molecule has 3 rings (SSSR count). The minimum Gasteiger partial charge on any atom is -0.489 e. The van der Waals surface area contributed by atoms with Gasteiger partial charge in [0.15, 0.2) is 0 Å². The number of benzene rings is 3. The van der Waals surface area contributed by atoms with Crippen molar-refractivity contribution in [2.24, 2.45) is 0 Å². The molecule has 10 heteroatoms. The maximum atomic E-state index is 11.4. The second-order valence-corrected chi connectivity index (χ2v) is 6.42. The predicted octanol–water partition coefficient (Wildman–Crippen LogP) is 4.36. The molecule has 158 valence electrons. The Morgan fingerprint density at radius 1 is 0.742 bits per heavy atom. The number of non-ortho nitro benzene ring substituents is 2. The van der Waals surface area contributed by atoms with Gasteiger partial charge in [0.1, 0.15) is 24.7 Å². The number of nitro groups is 2. The second kappa shape index (κ2) is 9.35. The summed E-state index contributed by atoms with van der Waals surface area (Å²) in [7, 11) is 0. The number of carboxylic acid groups (broad SMARTS) is 1. The Kier molecular flexibility index (Phi) is 6.41. The zero-order valence-electron chi connectivity index (χ0n) is 16.0. The molecule has 0 atom stereocenters. The first-order valence-corrected chi connectivity index (χ1v) is 8.92. The van der Waals surface area contributed by atoms with Crippen LogP contribution >= 0.6 is 0 Å². The van der Waals surface area contributed by atoms with Crippen LogP contribution in [0.3, 0.4) is 0 Å². The van der Waals surface area contributed by atoms with Gasteiger partial charge in [0.25, 0.3) is 11.4 Å². The highest BCUT2D eigenvalue weighted by Crippen LogP contribution is 2.21. The van der Waals surface area contributed by atoms with E-state index in [-0.39, 0.29) is 30.2 Å². The summed E-state index contributed by atoms with van der Waals surface area (Å²) in [5.74, 6) is -0.321. The molecule has 0 aliphatic carbocycles. The molecule has 3 aromatic carbocycles. The van der Waals surface area contributed by atoms with E-state index in [1.165, 1.54) is 60.7 Å². The van der Waals surface area contributed by atoms with Crippen molar-refractivity contribution in [1.29, 1.82) is 0 Å². The highest BCUT2D eigenvalue weighted by molar-refractivity contribution is 5.88. The summed E-state index contributed by atoms with van der Waals surface area (Å²) in [6.45, 7) is 0.0902. The minimum atomic E-state index is -1.12. The molecule has 0 fully saturated rings. The third kappa shape index (κ3) is 5.76. The summed E-state index contributed by atoms with van der Waals surface area (Å²) in [4.78, 5) is 31.8. The SMILES string of the molecule is O=C(O)c1cc(COc2ccc([N+](=O)[O-])cc2)cc(COc2ccc([N+](=O)[O-])cc2)c1. The molecule has 3 aromatic rings. The molecular formula is C21H16N2O8. The fourth-order valence-electron chi connectivity index (χ4n) is 2.71. The fraction of sp³-hybridized carbons (Fsp3) is 0.0952. The van der Waals surface area contributed by atoms with Crippen LogP contribution in [0.1, 0.15) is 21.5 Å². The van der Waals surface area contributed by atoms with Crippen LogP contribution < -0.4 is 9.47 Å². The first kappa shape index (κ1) is 21.2. The lowest BCUT2D eigenvalue weighted by Gasteiger charge is -2.11. The summed E-state index contributed by atoms with van der Waals surface area (Å²) in [5.41, 5.74) is 1.06. The average molecular weight is 424 g/mol. The number of nitrogens with zero attached hydrogens (tertiary/aromatic N) is 2. The first-order chi connectivity index (χ1) is 14.8. The quantitative estimate of drug-likeness (QED) is 0.394. The molecule has 1 N–H and O–H groups in total. The molecular weight excluding hydrogens is 408 g/mol. The molecule has 10 nitrogen and oxygen atoms in total. The summed E-state index contributed by atoms with van der Waals surface area (Å²) in [6, 6.07) is 15.7. The topological polar surface area (TPSA) is 142 Å². The van der Waals surface area contributed by atoms with E-state index in [1.54, 1.807) is 6.07 Å². The van der Waals surface area contributed by atoms with Crippen LogP contribution in [-0.4, -0.2) is 20.9 Å². The molecule has 31 heavy (non-hydrogen) atoms. The monoisotopic (exact) mass is 424 g/mol. The van der Waals surface area contributed by atoms with Gasteiger partial charge in [-0.05, 0) is 53.6 Å². The van der Waals surface area contributed by atoms with E-state index in [0.717, 1.165) is 0 Å². The number of hydrogen-bond donors (Lipinski definition) is 1. The van der Waals surface area contributed by atoms with Gasteiger partial charge in [0.05, 0.1) is 15.4 Å². The predicted molar refractivity (Wildman–Crippen MR) is 108 cm³/mol.